The molecular formula is C9H12N2O3. The predicted octanol–water partition coefficient (Wildman–Crippen LogP) is 0.865. The Morgan fingerprint density at radius 3 is 2.29 bits per heavy atom. The van der Waals surface area contributed by atoms with Gasteiger partial charge in [0.1, 0.15) is 5.69 Å². The van der Waals surface area contributed by atoms with E-state index in [1.54, 1.807) is 21.1 Å². The number of hydrogen-bond donors (Lipinski definition) is 0. The van der Waals surface area contributed by atoms with Gasteiger partial charge in [-0.2, -0.15) is 0 Å². The minimum absolute atomic E-state index is 0.0485. The molecule has 0 N–H and O–H groups in total. The molecule has 0 heterocycles. The number of hydrogen-bond acceptors (Lipinski definition) is 3. The number of non-ortho nitro benzene ring substituents is 1. The van der Waals surface area contributed by atoms with E-state index in [0.717, 1.165) is 0 Å². The highest BCUT2D eigenvalue weighted by Crippen LogP contribution is 2.30. The van der Waals surface area contributed by atoms with E-state index in [2.05, 4.69) is 0 Å². The molecule has 0 radical (unpaired) electrons. The normalized spacial score (nSPS) is 11.4. The van der Waals surface area contributed by atoms with E-state index < -0.39 is 4.92 Å². The van der Waals surface area contributed by atoms with Gasteiger partial charge in [-0.25, -0.2) is 0 Å². The van der Waals surface area contributed by atoms with Crippen LogP contribution in [0.1, 0.15) is 0 Å². The van der Waals surface area contributed by atoms with Crippen LogP contribution in [0, 0.1) is 10.1 Å². The number of nitro benzene ring substituents is 1. The summed E-state index contributed by atoms with van der Waals surface area (Å²) in [6.07, 6.45) is 0. The first kappa shape index (κ1) is 10.5. The third-order valence-electron chi connectivity index (χ3n) is 1.88. The van der Waals surface area contributed by atoms with E-state index in [9.17, 15) is 15.2 Å². The van der Waals surface area contributed by atoms with Gasteiger partial charge in [0.05, 0.1) is 32.1 Å². The second-order valence-electron chi connectivity index (χ2n) is 3.92. The summed E-state index contributed by atoms with van der Waals surface area (Å²) in [4.78, 5) is 9.99. The van der Waals surface area contributed by atoms with Crippen molar-refractivity contribution in [2.45, 2.75) is 0 Å². The number of quaternary nitrogens is 1. The van der Waals surface area contributed by atoms with Crippen molar-refractivity contribution >= 4 is 11.4 Å². The van der Waals surface area contributed by atoms with Crippen LogP contribution in [0.15, 0.2) is 18.2 Å². The molecule has 0 aliphatic carbocycles. The summed E-state index contributed by atoms with van der Waals surface area (Å²) in [5.74, 6) is -0.178. The lowest BCUT2D eigenvalue weighted by atomic mass is 10.2. The largest absolute Gasteiger partial charge is 0.868 e. The zero-order valence-corrected chi connectivity index (χ0v) is 8.35. The van der Waals surface area contributed by atoms with Crippen molar-refractivity contribution in [3.05, 3.63) is 28.3 Å². The van der Waals surface area contributed by atoms with Crippen LogP contribution >= 0.6 is 0 Å². The molecule has 5 heteroatoms. The third kappa shape index (κ3) is 2.00. The van der Waals surface area contributed by atoms with Crippen LogP contribution in [-0.4, -0.2) is 26.1 Å². The highest BCUT2D eigenvalue weighted by Gasteiger charge is 2.17. The van der Waals surface area contributed by atoms with E-state index in [-0.39, 0.29) is 15.9 Å². The van der Waals surface area contributed by atoms with Crippen molar-refractivity contribution in [1.29, 1.82) is 0 Å². The van der Waals surface area contributed by atoms with Crippen molar-refractivity contribution in [1.82, 2.24) is 4.48 Å². The Bertz CT molecular complexity index is 369. The molecule has 0 bridgehead atoms. The zero-order valence-electron chi connectivity index (χ0n) is 8.35. The van der Waals surface area contributed by atoms with E-state index in [1.165, 1.54) is 18.2 Å². The predicted molar refractivity (Wildman–Crippen MR) is 52.1 cm³/mol. The van der Waals surface area contributed by atoms with Crippen LogP contribution in [0.25, 0.3) is 0 Å². The average Bonchev–Trinajstić information content (AvgIpc) is 2.02. The van der Waals surface area contributed by atoms with Gasteiger partial charge in [0.25, 0.3) is 5.69 Å². The van der Waals surface area contributed by atoms with Gasteiger partial charge >= 0.3 is 0 Å². The number of benzene rings is 1. The second-order valence-corrected chi connectivity index (χ2v) is 3.92. The number of rotatable bonds is 2. The maximum absolute atomic E-state index is 11.4. The van der Waals surface area contributed by atoms with E-state index in [0.29, 0.717) is 5.69 Å². The Balaban J connectivity index is 3.29. The Kier molecular flexibility index (Phi) is 2.44. The monoisotopic (exact) mass is 196 g/mol. The Hall–Kier alpha value is -1.62. The molecular weight excluding hydrogens is 184 g/mol. The van der Waals surface area contributed by atoms with Crippen molar-refractivity contribution in [3.8, 4) is 5.75 Å². The average molecular weight is 196 g/mol. The molecule has 1 rings (SSSR count). The standard InChI is InChI=1S/C9H12N2O3/c1-11(2,3)8-6-7(10(13)14)4-5-9(8)12/h4-6H,1-3H3. The molecule has 14 heavy (non-hydrogen) atoms. The van der Waals surface area contributed by atoms with Crippen LogP contribution in [0.2, 0.25) is 0 Å². The lowest BCUT2D eigenvalue weighted by Crippen LogP contribution is -2.35. The molecule has 0 saturated heterocycles. The maximum Gasteiger partial charge on any atom is 0.275 e. The summed E-state index contributed by atoms with van der Waals surface area (Å²) in [5.41, 5.74) is 0.367. The van der Waals surface area contributed by atoms with E-state index >= 15 is 0 Å². The second kappa shape index (κ2) is 3.26. The summed E-state index contributed by atoms with van der Waals surface area (Å²) in [7, 11) is 5.38. The SMILES string of the molecule is C[N+](C)(C)c1cc([N+](=O)[O-])ccc1[O-]. The molecule has 0 fully saturated rings. The summed E-state index contributed by atoms with van der Waals surface area (Å²) in [5, 5.41) is 21.9. The summed E-state index contributed by atoms with van der Waals surface area (Å²) < 4.78 is 0.278. The highest BCUT2D eigenvalue weighted by atomic mass is 16.6. The van der Waals surface area contributed by atoms with Gasteiger partial charge in [0, 0.05) is 6.07 Å². The summed E-state index contributed by atoms with van der Waals surface area (Å²) >= 11 is 0. The van der Waals surface area contributed by atoms with Crippen molar-refractivity contribution in [3.63, 3.8) is 0 Å². The zero-order chi connectivity index (χ0) is 10.9. The van der Waals surface area contributed by atoms with E-state index in [4.69, 9.17) is 0 Å². The van der Waals surface area contributed by atoms with Crippen LogP contribution < -0.4 is 9.59 Å². The molecule has 1 aromatic carbocycles. The fourth-order valence-electron chi connectivity index (χ4n) is 1.14. The summed E-state index contributed by atoms with van der Waals surface area (Å²) in [6.45, 7) is 0. The Morgan fingerprint density at radius 1 is 1.29 bits per heavy atom. The van der Waals surface area contributed by atoms with Gasteiger partial charge in [0.2, 0.25) is 0 Å². The molecule has 5 nitrogen and oxygen atoms in total. The van der Waals surface area contributed by atoms with Crippen molar-refractivity contribution in [2.75, 3.05) is 21.1 Å². The fraction of sp³-hybridized carbons (Fsp3) is 0.333. The van der Waals surface area contributed by atoms with Crippen molar-refractivity contribution < 1.29 is 10.0 Å². The van der Waals surface area contributed by atoms with Crippen LogP contribution in [0.3, 0.4) is 0 Å². The Morgan fingerprint density at radius 2 is 1.86 bits per heavy atom. The minimum atomic E-state index is -0.501. The smallest absolute Gasteiger partial charge is 0.275 e. The van der Waals surface area contributed by atoms with Gasteiger partial charge in [0.15, 0.2) is 0 Å². The molecule has 0 unspecified atom stereocenters. The van der Waals surface area contributed by atoms with Gasteiger partial charge < -0.3 is 5.11 Å². The lowest BCUT2D eigenvalue weighted by Gasteiger charge is -2.27. The van der Waals surface area contributed by atoms with Crippen LogP contribution in [0.4, 0.5) is 11.4 Å². The van der Waals surface area contributed by atoms with Gasteiger partial charge in [-0.05, 0) is 5.75 Å². The van der Waals surface area contributed by atoms with E-state index in [1.807, 2.05) is 0 Å². The maximum atomic E-state index is 11.4. The van der Waals surface area contributed by atoms with Crippen LogP contribution in [-0.2, 0) is 0 Å². The topological polar surface area (TPSA) is 66.2 Å². The Labute approximate surface area is 81.9 Å². The molecule has 0 spiro atoms. The molecule has 76 valence electrons. The third-order valence-corrected chi connectivity index (χ3v) is 1.88. The molecule has 0 saturated carbocycles. The molecule has 0 aromatic heterocycles. The van der Waals surface area contributed by atoms with Gasteiger partial charge in [-0.3, -0.25) is 14.6 Å². The number of nitro groups is 1. The minimum Gasteiger partial charge on any atom is -0.868 e. The molecule has 0 aliphatic heterocycles. The highest BCUT2D eigenvalue weighted by molar-refractivity contribution is 5.58. The fourth-order valence-corrected chi connectivity index (χ4v) is 1.14. The molecule has 0 aliphatic rings. The quantitative estimate of drug-likeness (QED) is 0.400. The van der Waals surface area contributed by atoms with Crippen molar-refractivity contribution in [2.24, 2.45) is 0 Å². The first-order valence-electron chi connectivity index (χ1n) is 4.10. The first-order chi connectivity index (χ1) is 6.32. The van der Waals surface area contributed by atoms with Gasteiger partial charge in [-0.15, -0.1) is 0 Å². The molecule has 0 atom stereocenters. The lowest BCUT2D eigenvalue weighted by molar-refractivity contribution is -0.385. The van der Waals surface area contributed by atoms with Gasteiger partial charge in [-0.1, -0.05) is 6.07 Å². The summed E-state index contributed by atoms with van der Waals surface area (Å²) in [6, 6.07) is 3.78. The number of nitrogens with zero attached hydrogens (tertiary/aromatic N) is 2. The van der Waals surface area contributed by atoms with Crippen LogP contribution in [0.5, 0.6) is 5.75 Å². The molecule has 0 amide bonds. The first-order valence-corrected chi connectivity index (χ1v) is 4.10. The molecule has 1 aromatic rings.